The maximum Gasteiger partial charge on any atom is 0.0801 e. The smallest absolute Gasteiger partial charge is 0.0801 e. The van der Waals surface area contributed by atoms with Gasteiger partial charge in [0.25, 0.3) is 0 Å². The van der Waals surface area contributed by atoms with Crippen molar-refractivity contribution < 1.29 is 0 Å². The standard InChI is InChI=1S/C14H10N2/c1-2-10-7-9-16-14-11(10)5-6-13-12(14)4-3-8-15-13/h2-9H,1H2. The second-order valence-corrected chi connectivity index (χ2v) is 3.64. The molecule has 0 aliphatic heterocycles. The van der Waals surface area contributed by atoms with Gasteiger partial charge in [-0.05, 0) is 29.8 Å². The van der Waals surface area contributed by atoms with E-state index in [0.717, 1.165) is 27.4 Å². The van der Waals surface area contributed by atoms with Gasteiger partial charge in [-0.25, -0.2) is 0 Å². The number of nitrogens with zero attached hydrogens (tertiary/aromatic N) is 2. The van der Waals surface area contributed by atoms with Crippen LogP contribution in [0.3, 0.4) is 0 Å². The molecule has 0 spiro atoms. The quantitative estimate of drug-likeness (QED) is 0.570. The Labute approximate surface area is 93.3 Å². The maximum atomic E-state index is 4.43. The molecule has 3 rings (SSSR count). The summed E-state index contributed by atoms with van der Waals surface area (Å²) in [6.45, 7) is 3.82. The summed E-state index contributed by atoms with van der Waals surface area (Å²) in [6, 6.07) is 10.0. The molecule has 0 bridgehead atoms. The van der Waals surface area contributed by atoms with E-state index >= 15 is 0 Å². The summed E-state index contributed by atoms with van der Waals surface area (Å²) >= 11 is 0. The molecule has 3 aromatic rings. The molecule has 2 heterocycles. The molecular weight excluding hydrogens is 196 g/mol. The van der Waals surface area contributed by atoms with Gasteiger partial charge in [0.1, 0.15) is 0 Å². The van der Waals surface area contributed by atoms with Crippen LogP contribution in [0, 0.1) is 0 Å². The first kappa shape index (κ1) is 9.04. The van der Waals surface area contributed by atoms with Gasteiger partial charge in [-0.3, -0.25) is 9.97 Å². The molecular formula is C14H10N2. The number of pyridine rings is 2. The summed E-state index contributed by atoms with van der Waals surface area (Å²) in [5.74, 6) is 0. The summed E-state index contributed by atoms with van der Waals surface area (Å²) in [4.78, 5) is 8.75. The normalized spacial score (nSPS) is 10.8. The fourth-order valence-corrected chi connectivity index (χ4v) is 1.97. The minimum absolute atomic E-state index is 0.976. The summed E-state index contributed by atoms with van der Waals surface area (Å²) in [6.07, 6.45) is 5.46. The summed E-state index contributed by atoms with van der Waals surface area (Å²) in [5.41, 5.74) is 3.07. The first-order chi connectivity index (χ1) is 7.90. The van der Waals surface area contributed by atoms with Crippen LogP contribution in [0.25, 0.3) is 27.9 Å². The van der Waals surface area contributed by atoms with E-state index in [1.54, 1.807) is 6.20 Å². The highest BCUT2D eigenvalue weighted by atomic mass is 14.7. The lowest BCUT2D eigenvalue weighted by Crippen LogP contribution is -1.85. The van der Waals surface area contributed by atoms with Crippen LogP contribution in [0.1, 0.15) is 5.56 Å². The van der Waals surface area contributed by atoms with Crippen LogP contribution >= 0.6 is 0 Å². The van der Waals surface area contributed by atoms with Crippen molar-refractivity contribution in [2.24, 2.45) is 0 Å². The van der Waals surface area contributed by atoms with Gasteiger partial charge < -0.3 is 0 Å². The van der Waals surface area contributed by atoms with E-state index in [1.807, 2.05) is 36.5 Å². The second kappa shape index (κ2) is 3.42. The molecule has 76 valence electrons. The van der Waals surface area contributed by atoms with Crippen LogP contribution in [0.5, 0.6) is 0 Å². The average Bonchev–Trinajstić information content (AvgIpc) is 2.37. The fourth-order valence-electron chi connectivity index (χ4n) is 1.97. The van der Waals surface area contributed by atoms with Crippen LogP contribution in [-0.4, -0.2) is 9.97 Å². The molecule has 0 unspecified atom stereocenters. The Morgan fingerprint density at radius 1 is 0.938 bits per heavy atom. The fraction of sp³-hybridized carbons (Fsp3) is 0. The molecule has 2 heteroatoms. The number of fused-ring (bicyclic) bond motifs is 3. The molecule has 1 aromatic carbocycles. The Kier molecular flexibility index (Phi) is 1.93. The number of rotatable bonds is 1. The van der Waals surface area contributed by atoms with Gasteiger partial charge in [0.05, 0.1) is 11.0 Å². The zero-order valence-electron chi connectivity index (χ0n) is 8.72. The first-order valence-electron chi connectivity index (χ1n) is 5.15. The van der Waals surface area contributed by atoms with Crippen molar-refractivity contribution in [2.75, 3.05) is 0 Å². The Balaban J connectivity index is 2.57. The minimum atomic E-state index is 0.976. The van der Waals surface area contributed by atoms with Crippen molar-refractivity contribution in [3.63, 3.8) is 0 Å². The van der Waals surface area contributed by atoms with E-state index in [-0.39, 0.29) is 0 Å². The van der Waals surface area contributed by atoms with Gasteiger partial charge in [-0.1, -0.05) is 18.7 Å². The highest BCUT2D eigenvalue weighted by molar-refractivity contribution is 6.06. The number of aromatic nitrogens is 2. The highest BCUT2D eigenvalue weighted by Gasteiger charge is 2.03. The van der Waals surface area contributed by atoms with Gasteiger partial charge in [0, 0.05) is 23.2 Å². The molecule has 2 aromatic heterocycles. The van der Waals surface area contributed by atoms with Crippen LogP contribution in [0.2, 0.25) is 0 Å². The lowest BCUT2D eigenvalue weighted by molar-refractivity contribution is 1.39. The summed E-state index contributed by atoms with van der Waals surface area (Å²) in [5, 5.41) is 2.21. The van der Waals surface area contributed by atoms with E-state index < -0.39 is 0 Å². The molecule has 2 nitrogen and oxygen atoms in total. The molecule has 0 N–H and O–H groups in total. The van der Waals surface area contributed by atoms with Crippen LogP contribution < -0.4 is 0 Å². The maximum absolute atomic E-state index is 4.43. The monoisotopic (exact) mass is 206 g/mol. The molecule has 0 saturated carbocycles. The Morgan fingerprint density at radius 3 is 2.75 bits per heavy atom. The molecule has 0 fully saturated rings. The van der Waals surface area contributed by atoms with E-state index in [9.17, 15) is 0 Å². The van der Waals surface area contributed by atoms with Crippen molar-refractivity contribution in [1.29, 1.82) is 0 Å². The van der Waals surface area contributed by atoms with Gasteiger partial charge in [-0.15, -0.1) is 0 Å². The second-order valence-electron chi connectivity index (χ2n) is 3.64. The van der Waals surface area contributed by atoms with Gasteiger partial charge in [0.15, 0.2) is 0 Å². The van der Waals surface area contributed by atoms with Gasteiger partial charge in [-0.2, -0.15) is 0 Å². The zero-order valence-corrected chi connectivity index (χ0v) is 8.72. The van der Waals surface area contributed by atoms with E-state index in [2.05, 4.69) is 22.6 Å². The molecule has 0 atom stereocenters. The Bertz CT molecular complexity index is 686. The summed E-state index contributed by atoms with van der Waals surface area (Å²) < 4.78 is 0. The van der Waals surface area contributed by atoms with E-state index in [0.29, 0.717) is 0 Å². The van der Waals surface area contributed by atoms with E-state index in [4.69, 9.17) is 0 Å². The number of hydrogen-bond donors (Lipinski definition) is 0. The molecule has 16 heavy (non-hydrogen) atoms. The molecule has 0 aliphatic rings. The third-order valence-corrected chi connectivity index (χ3v) is 2.75. The topological polar surface area (TPSA) is 25.8 Å². The van der Waals surface area contributed by atoms with Gasteiger partial charge in [0.2, 0.25) is 0 Å². The molecule has 0 radical (unpaired) electrons. The van der Waals surface area contributed by atoms with Crippen molar-refractivity contribution in [3.8, 4) is 0 Å². The molecule has 0 amide bonds. The molecule has 0 aliphatic carbocycles. The van der Waals surface area contributed by atoms with Crippen molar-refractivity contribution in [2.45, 2.75) is 0 Å². The van der Waals surface area contributed by atoms with E-state index in [1.165, 1.54) is 0 Å². The number of hydrogen-bond acceptors (Lipinski definition) is 2. The van der Waals surface area contributed by atoms with Crippen molar-refractivity contribution >= 4 is 27.9 Å². The first-order valence-corrected chi connectivity index (χ1v) is 5.15. The zero-order chi connectivity index (χ0) is 11.0. The van der Waals surface area contributed by atoms with Crippen LogP contribution in [0.15, 0.2) is 49.3 Å². The lowest BCUT2D eigenvalue weighted by atomic mass is 10.1. The Morgan fingerprint density at radius 2 is 1.88 bits per heavy atom. The highest BCUT2D eigenvalue weighted by Crippen LogP contribution is 2.24. The Hall–Kier alpha value is -2.22. The van der Waals surface area contributed by atoms with Crippen LogP contribution in [0.4, 0.5) is 0 Å². The van der Waals surface area contributed by atoms with Gasteiger partial charge >= 0.3 is 0 Å². The minimum Gasteiger partial charge on any atom is -0.256 e. The van der Waals surface area contributed by atoms with Crippen LogP contribution in [-0.2, 0) is 0 Å². The largest absolute Gasteiger partial charge is 0.256 e. The third-order valence-electron chi connectivity index (χ3n) is 2.75. The van der Waals surface area contributed by atoms with Crippen molar-refractivity contribution in [3.05, 3.63) is 54.9 Å². The summed E-state index contributed by atoms with van der Waals surface area (Å²) in [7, 11) is 0. The predicted octanol–water partition coefficient (Wildman–Crippen LogP) is 3.43. The molecule has 0 saturated heterocycles. The predicted molar refractivity (Wildman–Crippen MR) is 67.1 cm³/mol. The van der Waals surface area contributed by atoms with Crippen molar-refractivity contribution in [1.82, 2.24) is 9.97 Å². The lowest BCUT2D eigenvalue weighted by Gasteiger charge is -2.04. The SMILES string of the molecule is C=Cc1ccnc2c1ccc1ncccc12. The average molecular weight is 206 g/mol. The third kappa shape index (κ3) is 1.20. The number of benzene rings is 1.